The van der Waals surface area contributed by atoms with Crippen LogP contribution in [-0.2, 0) is 6.42 Å². The molecule has 0 aromatic heterocycles. The summed E-state index contributed by atoms with van der Waals surface area (Å²) in [7, 11) is 0. The van der Waals surface area contributed by atoms with Gasteiger partial charge < -0.3 is 5.32 Å². The summed E-state index contributed by atoms with van der Waals surface area (Å²) in [6, 6.07) is 11.7. The van der Waals surface area contributed by atoms with Crippen molar-refractivity contribution in [3.8, 4) is 0 Å². The van der Waals surface area contributed by atoms with E-state index in [0.717, 1.165) is 24.1 Å². The number of halogens is 1. The number of hydrogen-bond donors (Lipinski definition) is 1. The number of hydrogen-bond acceptors (Lipinski definition) is 3. The summed E-state index contributed by atoms with van der Waals surface area (Å²) in [6.45, 7) is 2.16. The molecule has 5 heteroatoms. The third kappa shape index (κ3) is 2.71. The smallest absolute Gasteiger partial charge is 0.288 e. The molecular weight excluding hydrogens is 336 g/mol. The zero-order valence-corrected chi connectivity index (χ0v) is 14.7. The SMILES string of the molecule is CCc1ccc2c(c1)[C@@H]1C=CC[C@H]1[C@H](c1ccc(Cl)c([N+](=O)[O-])c1)N2. The van der Waals surface area contributed by atoms with Crippen molar-refractivity contribution >= 4 is 23.0 Å². The van der Waals surface area contributed by atoms with E-state index in [4.69, 9.17) is 11.6 Å². The van der Waals surface area contributed by atoms with Gasteiger partial charge in [-0.2, -0.15) is 0 Å². The van der Waals surface area contributed by atoms with Crippen LogP contribution in [0.15, 0.2) is 48.6 Å². The highest BCUT2D eigenvalue weighted by Gasteiger charge is 2.38. The summed E-state index contributed by atoms with van der Waals surface area (Å²) in [5.74, 6) is 0.711. The normalized spacial score (nSPS) is 23.7. The van der Waals surface area contributed by atoms with Crippen LogP contribution in [0.1, 0.15) is 42.0 Å². The number of allylic oxidation sites excluding steroid dienone is 2. The van der Waals surface area contributed by atoms with Crippen molar-refractivity contribution in [1.82, 2.24) is 0 Å². The fourth-order valence-corrected chi connectivity index (χ4v) is 4.24. The quantitative estimate of drug-likeness (QED) is 0.441. The number of rotatable bonds is 3. The van der Waals surface area contributed by atoms with Crippen LogP contribution in [0.2, 0.25) is 5.02 Å². The second-order valence-electron chi connectivity index (χ2n) is 6.72. The highest BCUT2D eigenvalue weighted by molar-refractivity contribution is 6.32. The minimum Gasteiger partial charge on any atom is -0.378 e. The molecule has 0 radical (unpaired) electrons. The van der Waals surface area contributed by atoms with Crippen LogP contribution >= 0.6 is 11.6 Å². The first kappa shape index (κ1) is 16.2. The molecule has 25 heavy (non-hydrogen) atoms. The van der Waals surface area contributed by atoms with E-state index in [0.29, 0.717) is 11.8 Å². The average Bonchev–Trinajstić information content (AvgIpc) is 3.11. The third-order valence-electron chi connectivity index (χ3n) is 5.36. The van der Waals surface area contributed by atoms with Gasteiger partial charge in [-0.25, -0.2) is 0 Å². The number of anilines is 1. The van der Waals surface area contributed by atoms with Crippen LogP contribution in [0.3, 0.4) is 0 Å². The molecule has 0 spiro atoms. The van der Waals surface area contributed by atoms with Gasteiger partial charge >= 0.3 is 0 Å². The second kappa shape index (κ2) is 6.19. The molecule has 1 aliphatic carbocycles. The summed E-state index contributed by atoms with van der Waals surface area (Å²) in [6.07, 6.45) is 6.49. The summed E-state index contributed by atoms with van der Waals surface area (Å²) in [4.78, 5) is 10.8. The van der Waals surface area contributed by atoms with E-state index in [1.54, 1.807) is 12.1 Å². The van der Waals surface area contributed by atoms with E-state index in [1.807, 2.05) is 6.07 Å². The molecule has 4 rings (SSSR count). The van der Waals surface area contributed by atoms with Gasteiger partial charge in [-0.3, -0.25) is 10.1 Å². The highest BCUT2D eigenvalue weighted by atomic mass is 35.5. The van der Waals surface area contributed by atoms with Gasteiger partial charge in [0.1, 0.15) is 5.02 Å². The predicted octanol–water partition coefficient (Wildman–Crippen LogP) is 5.64. The summed E-state index contributed by atoms with van der Waals surface area (Å²) >= 11 is 5.98. The third-order valence-corrected chi connectivity index (χ3v) is 5.68. The molecule has 0 amide bonds. The largest absolute Gasteiger partial charge is 0.378 e. The molecule has 1 aliphatic heterocycles. The monoisotopic (exact) mass is 354 g/mol. The van der Waals surface area contributed by atoms with E-state index in [2.05, 4.69) is 42.6 Å². The number of nitrogens with one attached hydrogen (secondary N) is 1. The Bertz CT molecular complexity index is 878. The van der Waals surface area contributed by atoms with Gasteiger partial charge in [-0.05, 0) is 47.6 Å². The molecule has 0 fully saturated rings. The lowest BCUT2D eigenvalue weighted by atomic mass is 9.76. The molecule has 128 valence electrons. The molecule has 0 bridgehead atoms. The number of aryl methyl sites for hydroxylation is 1. The fraction of sp³-hybridized carbons (Fsp3) is 0.300. The Labute approximate surface area is 151 Å². The van der Waals surface area contributed by atoms with Crippen LogP contribution in [0.25, 0.3) is 0 Å². The minimum atomic E-state index is -0.416. The van der Waals surface area contributed by atoms with E-state index >= 15 is 0 Å². The summed E-state index contributed by atoms with van der Waals surface area (Å²) in [5, 5.41) is 15.0. The molecule has 1 N–H and O–H groups in total. The van der Waals surface area contributed by atoms with Crippen LogP contribution in [0.4, 0.5) is 11.4 Å². The zero-order valence-electron chi connectivity index (χ0n) is 13.9. The Morgan fingerprint density at radius 1 is 1.28 bits per heavy atom. The first-order valence-corrected chi connectivity index (χ1v) is 8.96. The summed E-state index contributed by atoms with van der Waals surface area (Å²) < 4.78 is 0. The highest BCUT2D eigenvalue weighted by Crippen LogP contribution is 2.50. The van der Waals surface area contributed by atoms with Crippen LogP contribution in [0, 0.1) is 16.0 Å². The standard InChI is InChI=1S/C20H19ClN2O2/c1-2-12-6-9-18-16(10-12)14-4-3-5-15(14)20(22-18)13-7-8-17(21)19(11-13)23(24)25/h3-4,6-11,14-15,20,22H,2,5H2,1H3/t14-,15-,20+/m1/s1. The molecule has 0 unspecified atom stereocenters. The number of nitro groups is 1. The van der Waals surface area contributed by atoms with E-state index in [1.165, 1.54) is 11.1 Å². The Morgan fingerprint density at radius 3 is 2.88 bits per heavy atom. The maximum absolute atomic E-state index is 11.2. The van der Waals surface area contributed by atoms with Gasteiger partial charge in [0, 0.05) is 17.7 Å². The van der Waals surface area contributed by atoms with Crippen molar-refractivity contribution < 1.29 is 4.92 Å². The lowest BCUT2D eigenvalue weighted by Crippen LogP contribution is -2.29. The van der Waals surface area contributed by atoms with Gasteiger partial charge in [-0.1, -0.05) is 48.9 Å². The summed E-state index contributed by atoms with van der Waals surface area (Å²) in [5.41, 5.74) is 4.67. The Balaban J connectivity index is 1.77. The van der Waals surface area contributed by atoms with Gasteiger partial charge in [0.05, 0.1) is 11.0 Å². The zero-order chi connectivity index (χ0) is 17.6. The average molecular weight is 355 g/mol. The Kier molecular flexibility index (Phi) is 4.00. The lowest BCUT2D eigenvalue weighted by molar-refractivity contribution is -0.384. The molecule has 0 saturated carbocycles. The topological polar surface area (TPSA) is 55.2 Å². The van der Waals surface area contributed by atoms with E-state index < -0.39 is 4.92 Å². The molecular formula is C20H19ClN2O2. The number of nitrogens with zero attached hydrogens (tertiary/aromatic N) is 1. The molecule has 2 aliphatic rings. The lowest BCUT2D eigenvalue weighted by Gasteiger charge is -2.37. The van der Waals surface area contributed by atoms with Crippen molar-refractivity contribution in [3.05, 3.63) is 80.4 Å². The number of nitro benzene ring substituents is 1. The van der Waals surface area contributed by atoms with Crippen LogP contribution in [-0.4, -0.2) is 4.92 Å². The second-order valence-corrected chi connectivity index (χ2v) is 7.13. The van der Waals surface area contributed by atoms with Crippen molar-refractivity contribution in [2.45, 2.75) is 31.7 Å². The van der Waals surface area contributed by atoms with Gasteiger partial charge in [0.15, 0.2) is 0 Å². The van der Waals surface area contributed by atoms with Crippen molar-refractivity contribution in [2.24, 2.45) is 5.92 Å². The maximum Gasteiger partial charge on any atom is 0.288 e. The Hall–Kier alpha value is -2.33. The molecule has 2 aromatic carbocycles. The van der Waals surface area contributed by atoms with Gasteiger partial charge in [0.2, 0.25) is 0 Å². The Morgan fingerprint density at radius 2 is 2.12 bits per heavy atom. The van der Waals surface area contributed by atoms with E-state index in [9.17, 15) is 10.1 Å². The van der Waals surface area contributed by atoms with Crippen LogP contribution < -0.4 is 5.32 Å². The number of benzene rings is 2. The first-order valence-electron chi connectivity index (χ1n) is 8.58. The van der Waals surface area contributed by atoms with Gasteiger partial charge in [-0.15, -0.1) is 0 Å². The fourth-order valence-electron chi connectivity index (χ4n) is 4.06. The molecule has 1 heterocycles. The van der Waals surface area contributed by atoms with Gasteiger partial charge in [0.25, 0.3) is 5.69 Å². The van der Waals surface area contributed by atoms with Crippen LogP contribution in [0.5, 0.6) is 0 Å². The van der Waals surface area contributed by atoms with E-state index in [-0.39, 0.29) is 16.8 Å². The van der Waals surface area contributed by atoms with Crippen molar-refractivity contribution in [3.63, 3.8) is 0 Å². The molecule has 2 aromatic rings. The maximum atomic E-state index is 11.2. The molecule has 0 saturated heterocycles. The minimum absolute atomic E-state index is 0.0319. The number of fused-ring (bicyclic) bond motifs is 3. The molecule has 3 atom stereocenters. The molecule has 4 nitrogen and oxygen atoms in total. The first-order chi connectivity index (χ1) is 12.1. The van der Waals surface area contributed by atoms with Crippen molar-refractivity contribution in [1.29, 1.82) is 0 Å². The predicted molar refractivity (Wildman–Crippen MR) is 100 cm³/mol. The van der Waals surface area contributed by atoms with Crippen molar-refractivity contribution in [2.75, 3.05) is 5.32 Å².